The van der Waals surface area contributed by atoms with Crippen LogP contribution in [0.15, 0.2) is 12.2 Å². The summed E-state index contributed by atoms with van der Waals surface area (Å²) in [5.74, 6) is -1.24. The summed E-state index contributed by atoms with van der Waals surface area (Å²) in [5, 5.41) is 13.3. The summed E-state index contributed by atoms with van der Waals surface area (Å²) in [6.07, 6.45) is 8.76. The van der Waals surface area contributed by atoms with Crippen LogP contribution in [-0.2, 0) is 14.4 Å². The molecular formula is C20H30N2O4. The molecule has 0 bridgehead atoms. The lowest BCUT2D eigenvalue weighted by Crippen LogP contribution is -2.53. The third-order valence-electron chi connectivity index (χ3n) is 5.98. The molecule has 1 aliphatic heterocycles. The first-order chi connectivity index (χ1) is 12.3. The van der Waals surface area contributed by atoms with Crippen LogP contribution in [0, 0.1) is 17.8 Å². The smallest absolute Gasteiger partial charge is 0.243 e. The number of nitrogens with one attached hydrogen (secondary N) is 1. The standard InChI is InChI=1S/C20H30N2O4/c1-13(2)11-16(17(23)21-12-20(26)9-5-6-10-20)22-18(24)14-7-3-4-8-15(14)19(22)25/h3-4,13-16,26H,5-12H2,1-2H3,(H,21,23)/t14-,15-,16+/m0/s1. The number of imide groups is 1. The number of hydrogen-bond donors (Lipinski definition) is 2. The van der Waals surface area contributed by atoms with Crippen molar-refractivity contribution in [1.82, 2.24) is 10.2 Å². The van der Waals surface area contributed by atoms with Crippen LogP contribution < -0.4 is 5.32 Å². The summed E-state index contributed by atoms with van der Waals surface area (Å²) >= 11 is 0. The molecule has 0 aromatic carbocycles. The number of amides is 3. The molecule has 3 atom stereocenters. The minimum Gasteiger partial charge on any atom is -0.388 e. The van der Waals surface area contributed by atoms with Gasteiger partial charge in [-0.1, -0.05) is 38.8 Å². The van der Waals surface area contributed by atoms with Gasteiger partial charge in [-0.05, 0) is 38.0 Å². The van der Waals surface area contributed by atoms with Crippen molar-refractivity contribution in [3.05, 3.63) is 12.2 Å². The van der Waals surface area contributed by atoms with Crippen molar-refractivity contribution in [3.8, 4) is 0 Å². The number of carbonyl (C=O) groups excluding carboxylic acids is 3. The van der Waals surface area contributed by atoms with Gasteiger partial charge in [-0.2, -0.15) is 0 Å². The van der Waals surface area contributed by atoms with Crippen molar-refractivity contribution in [3.63, 3.8) is 0 Å². The van der Waals surface area contributed by atoms with Gasteiger partial charge in [0.1, 0.15) is 6.04 Å². The second-order valence-electron chi connectivity index (χ2n) is 8.50. The Balaban J connectivity index is 1.74. The van der Waals surface area contributed by atoms with Crippen molar-refractivity contribution in [2.45, 2.75) is 70.4 Å². The van der Waals surface area contributed by atoms with Gasteiger partial charge in [-0.3, -0.25) is 19.3 Å². The van der Waals surface area contributed by atoms with Crippen molar-refractivity contribution < 1.29 is 19.5 Å². The zero-order valence-electron chi connectivity index (χ0n) is 15.7. The summed E-state index contributed by atoms with van der Waals surface area (Å²) < 4.78 is 0. The fourth-order valence-corrected chi connectivity index (χ4v) is 4.49. The van der Waals surface area contributed by atoms with Gasteiger partial charge in [0.15, 0.2) is 0 Å². The van der Waals surface area contributed by atoms with E-state index in [0.29, 0.717) is 32.1 Å². The molecule has 3 rings (SSSR count). The van der Waals surface area contributed by atoms with Gasteiger partial charge in [0.25, 0.3) is 0 Å². The average Bonchev–Trinajstić information content (AvgIpc) is 3.14. The predicted molar refractivity (Wildman–Crippen MR) is 96.9 cm³/mol. The molecule has 6 heteroatoms. The van der Waals surface area contributed by atoms with Gasteiger partial charge in [0, 0.05) is 6.54 Å². The monoisotopic (exact) mass is 362 g/mol. The number of carbonyl (C=O) groups is 3. The van der Waals surface area contributed by atoms with E-state index in [0.717, 1.165) is 12.8 Å². The Morgan fingerprint density at radius 2 is 1.73 bits per heavy atom. The van der Waals surface area contributed by atoms with Gasteiger partial charge in [0.05, 0.1) is 17.4 Å². The number of fused-ring (bicyclic) bond motifs is 1. The lowest BCUT2D eigenvalue weighted by Gasteiger charge is -2.29. The summed E-state index contributed by atoms with van der Waals surface area (Å²) in [5.41, 5.74) is -0.852. The molecule has 0 aromatic heterocycles. The molecule has 0 unspecified atom stereocenters. The number of nitrogens with zero attached hydrogens (tertiary/aromatic N) is 1. The Labute approximate surface area is 155 Å². The molecule has 2 fully saturated rings. The van der Waals surface area contributed by atoms with Crippen molar-refractivity contribution >= 4 is 17.7 Å². The molecular weight excluding hydrogens is 332 g/mol. The molecule has 1 saturated carbocycles. The van der Waals surface area contributed by atoms with Crippen LogP contribution in [0.25, 0.3) is 0 Å². The van der Waals surface area contributed by atoms with Gasteiger partial charge in [-0.15, -0.1) is 0 Å². The molecule has 0 aromatic rings. The van der Waals surface area contributed by atoms with Gasteiger partial charge >= 0.3 is 0 Å². The maximum Gasteiger partial charge on any atom is 0.243 e. The minimum absolute atomic E-state index is 0.168. The summed E-state index contributed by atoms with van der Waals surface area (Å²) in [7, 11) is 0. The summed E-state index contributed by atoms with van der Waals surface area (Å²) in [6, 6.07) is -0.786. The highest BCUT2D eigenvalue weighted by Gasteiger charge is 2.51. The molecule has 3 aliphatic rings. The zero-order valence-corrected chi connectivity index (χ0v) is 15.7. The lowest BCUT2D eigenvalue weighted by atomic mass is 9.85. The normalized spacial score (nSPS) is 28.5. The molecule has 2 aliphatic carbocycles. The lowest BCUT2D eigenvalue weighted by molar-refractivity contribution is -0.148. The highest BCUT2D eigenvalue weighted by atomic mass is 16.3. The molecule has 1 saturated heterocycles. The summed E-state index contributed by atoms with van der Waals surface area (Å²) in [4.78, 5) is 39.8. The Bertz CT molecular complexity index is 581. The molecule has 3 amide bonds. The Morgan fingerprint density at radius 3 is 2.23 bits per heavy atom. The Kier molecular flexibility index (Phi) is 5.51. The first kappa shape index (κ1) is 19.1. The molecule has 0 spiro atoms. The van der Waals surface area contributed by atoms with Crippen LogP contribution in [0.4, 0.5) is 0 Å². The van der Waals surface area contributed by atoms with E-state index in [1.54, 1.807) is 0 Å². The third-order valence-corrected chi connectivity index (χ3v) is 5.98. The SMILES string of the molecule is CC(C)C[C@H](C(=O)NCC1(O)CCCC1)N1C(=O)[C@H]2CC=CC[C@@H]2C1=O. The highest BCUT2D eigenvalue weighted by Crippen LogP contribution is 2.37. The van der Waals surface area contributed by atoms with Crippen LogP contribution in [0.1, 0.15) is 58.8 Å². The van der Waals surface area contributed by atoms with Crippen LogP contribution in [0.2, 0.25) is 0 Å². The minimum atomic E-state index is -0.852. The second-order valence-corrected chi connectivity index (χ2v) is 8.50. The summed E-state index contributed by atoms with van der Waals surface area (Å²) in [6.45, 7) is 4.14. The molecule has 2 N–H and O–H groups in total. The van der Waals surface area contributed by atoms with Crippen molar-refractivity contribution in [1.29, 1.82) is 0 Å². The van der Waals surface area contributed by atoms with Crippen LogP contribution in [-0.4, -0.2) is 45.9 Å². The largest absolute Gasteiger partial charge is 0.388 e. The second kappa shape index (κ2) is 7.51. The molecule has 144 valence electrons. The first-order valence-corrected chi connectivity index (χ1v) is 9.84. The Morgan fingerprint density at radius 1 is 1.19 bits per heavy atom. The van der Waals surface area contributed by atoms with Gasteiger partial charge in [0.2, 0.25) is 17.7 Å². The van der Waals surface area contributed by atoms with Gasteiger partial charge < -0.3 is 10.4 Å². The number of aliphatic hydroxyl groups is 1. The maximum atomic E-state index is 12.9. The zero-order chi connectivity index (χ0) is 18.9. The van der Waals surface area contributed by atoms with E-state index in [1.165, 1.54) is 4.90 Å². The quantitative estimate of drug-likeness (QED) is 0.557. The van der Waals surface area contributed by atoms with E-state index in [9.17, 15) is 19.5 Å². The van der Waals surface area contributed by atoms with E-state index in [-0.39, 0.29) is 42.0 Å². The Hall–Kier alpha value is -1.69. The first-order valence-electron chi connectivity index (χ1n) is 9.84. The molecule has 0 radical (unpaired) electrons. The fraction of sp³-hybridized carbons (Fsp3) is 0.750. The van der Waals surface area contributed by atoms with E-state index in [1.807, 2.05) is 26.0 Å². The van der Waals surface area contributed by atoms with Crippen LogP contribution in [0.5, 0.6) is 0 Å². The number of rotatable bonds is 6. The average molecular weight is 362 g/mol. The highest BCUT2D eigenvalue weighted by molar-refractivity contribution is 6.08. The van der Waals surface area contributed by atoms with E-state index < -0.39 is 11.6 Å². The molecule has 6 nitrogen and oxygen atoms in total. The molecule has 26 heavy (non-hydrogen) atoms. The maximum absolute atomic E-state index is 12.9. The van der Waals surface area contributed by atoms with Crippen LogP contribution >= 0.6 is 0 Å². The number of hydrogen-bond acceptors (Lipinski definition) is 4. The topological polar surface area (TPSA) is 86.7 Å². The number of likely N-dealkylation sites (tertiary alicyclic amines) is 1. The fourth-order valence-electron chi connectivity index (χ4n) is 4.49. The number of allylic oxidation sites excluding steroid dienone is 2. The van der Waals surface area contributed by atoms with Crippen molar-refractivity contribution in [2.75, 3.05) is 6.54 Å². The van der Waals surface area contributed by atoms with E-state index in [2.05, 4.69) is 5.32 Å². The van der Waals surface area contributed by atoms with Crippen LogP contribution in [0.3, 0.4) is 0 Å². The van der Waals surface area contributed by atoms with Crippen molar-refractivity contribution in [2.24, 2.45) is 17.8 Å². The van der Waals surface area contributed by atoms with E-state index in [4.69, 9.17) is 0 Å². The third kappa shape index (κ3) is 3.70. The van der Waals surface area contributed by atoms with E-state index >= 15 is 0 Å². The van der Waals surface area contributed by atoms with Gasteiger partial charge in [-0.25, -0.2) is 0 Å². The molecule has 1 heterocycles. The predicted octanol–water partition coefficient (Wildman–Crippen LogP) is 1.77.